The Labute approximate surface area is 167 Å². The van der Waals surface area contributed by atoms with E-state index in [2.05, 4.69) is 26.3 Å². The van der Waals surface area contributed by atoms with Crippen LogP contribution in [0.1, 0.15) is 5.56 Å². The van der Waals surface area contributed by atoms with E-state index in [1.54, 1.807) is 19.2 Å². The van der Waals surface area contributed by atoms with Gasteiger partial charge in [-0.1, -0.05) is 12.1 Å². The molecule has 1 atom stereocenters. The number of aliphatic hydroxyl groups excluding tert-OH is 1. The highest BCUT2D eigenvalue weighted by Gasteiger charge is 2.20. The number of halogens is 1. The van der Waals surface area contributed by atoms with E-state index in [4.69, 9.17) is 15.4 Å². The number of carbonyl (C=O) groups excluding carboxylic acids is 1. The first-order valence-corrected chi connectivity index (χ1v) is 8.80. The van der Waals surface area contributed by atoms with Crippen LogP contribution in [0.4, 0.5) is 14.9 Å². The first-order chi connectivity index (χ1) is 14.0. The number of amides is 2. The lowest BCUT2D eigenvalue weighted by molar-refractivity contribution is 0.250. The Bertz CT molecular complexity index is 827. The maximum Gasteiger partial charge on any atom is 0.319 e. The third-order valence-electron chi connectivity index (χ3n) is 3.85. The minimum Gasteiger partial charge on any atom is -0.497 e. The smallest absolute Gasteiger partial charge is 0.319 e. The largest absolute Gasteiger partial charge is 0.497 e. The van der Waals surface area contributed by atoms with E-state index >= 15 is 0 Å². The number of methoxy groups -OCH3 is 1. The van der Waals surface area contributed by atoms with Gasteiger partial charge < -0.3 is 25.9 Å². The zero-order valence-electron chi connectivity index (χ0n) is 15.9. The Morgan fingerprint density at radius 3 is 2.48 bits per heavy atom. The lowest BCUT2D eigenvalue weighted by Crippen LogP contribution is -2.44. The molecule has 0 heterocycles. The maximum atomic E-state index is 13.0. The molecule has 0 spiro atoms. The number of hydrogen-bond donors (Lipinski definition) is 5. The topological polar surface area (TPSA) is 131 Å². The van der Waals surface area contributed by atoms with Gasteiger partial charge in [0.05, 0.1) is 26.3 Å². The summed E-state index contributed by atoms with van der Waals surface area (Å²) in [7, 11) is 1.57. The number of benzene rings is 2. The second kappa shape index (κ2) is 11.3. The van der Waals surface area contributed by atoms with E-state index in [1.165, 1.54) is 24.3 Å². The van der Waals surface area contributed by atoms with Gasteiger partial charge in [-0.2, -0.15) is 5.10 Å². The number of anilines is 1. The highest BCUT2D eigenvalue weighted by molar-refractivity contribution is 5.95. The van der Waals surface area contributed by atoms with Crippen molar-refractivity contribution in [3.8, 4) is 5.75 Å². The van der Waals surface area contributed by atoms with Gasteiger partial charge in [0.15, 0.2) is 5.84 Å². The molecular weight excluding hydrogens is 379 g/mol. The molecule has 0 bridgehead atoms. The monoisotopic (exact) mass is 402 g/mol. The Balaban J connectivity index is 2.15. The standard InChI is InChI=1S/C19H23FN6O3/c1-29-16-8-2-13(3-9-16)12-17(18(25-21)26-22-10-11-27)24-19(28)23-15-6-4-14(20)5-7-15/h2-9,17,21-22,27H,10-12H2,1H3,(H2,23,24,28)/b25-21?,26-18-/t17-/m0/s1. The molecule has 154 valence electrons. The minimum atomic E-state index is -0.729. The summed E-state index contributed by atoms with van der Waals surface area (Å²) < 4.78 is 18.2. The van der Waals surface area contributed by atoms with Crippen LogP contribution < -0.4 is 20.8 Å². The van der Waals surface area contributed by atoms with Crippen molar-refractivity contribution >= 4 is 17.6 Å². The molecular formula is C19H23FN6O3. The zero-order chi connectivity index (χ0) is 21.1. The SMILES string of the molecule is COc1ccc(C[C@H](NC(=O)Nc2ccc(F)cc2)/C(N=N)=N/NCCO)cc1. The molecule has 0 saturated carbocycles. The van der Waals surface area contributed by atoms with Crippen LogP contribution in [0, 0.1) is 11.3 Å². The molecule has 0 saturated heterocycles. The van der Waals surface area contributed by atoms with Gasteiger partial charge >= 0.3 is 6.03 Å². The fourth-order valence-corrected chi connectivity index (χ4v) is 2.43. The normalized spacial score (nSPS) is 12.0. The summed E-state index contributed by atoms with van der Waals surface area (Å²) in [6.07, 6.45) is 0.308. The van der Waals surface area contributed by atoms with Gasteiger partial charge in [0.25, 0.3) is 0 Å². The Morgan fingerprint density at radius 1 is 1.21 bits per heavy atom. The second-order valence-electron chi connectivity index (χ2n) is 5.92. The maximum absolute atomic E-state index is 13.0. The number of amidine groups is 1. The molecule has 9 nitrogen and oxygen atoms in total. The molecule has 0 fully saturated rings. The molecule has 0 unspecified atom stereocenters. The fraction of sp³-hybridized carbons (Fsp3) is 0.263. The summed E-state index contributed by atoms with van der Waals surface area (Å²) in [6, 6.07) is 11.3. The van der Waals surface area contributed by atoms with Gasteiger partial charge in [-0.15, -0.1) is 5.11 Å². The van der Waals surface area contributed by atoms with Gasteiger partial charge in [0.2, 0.25) is 0 Å². The van der Waals surface area contributed by atoms with Gasteiger partial charge in [-0.3, -0.25) is 0 Å². The van der Waals surface area contributed by atoms with E-state index in [1.807, 2.05) is 12.1 Å². The first kappa shape index (κ1) is 21.8. The van der Waals surface area contributed by atoms with E-state index in [0.29, 0.717) is 17.9 Å². The molecule has 0 radical (unpaired) electrons. The van der Waals surface area contributed by atoms with Crippen molar-refractivity contribution in [2.24, 2.45) is 10.2 Å². The molecule has 0 aliphatic heterocycles. The molecule has 2 rings (SSSR count). The van der Waals surface area contributed by atoms with Crippen molar-refractivity contribution in [2.75, 3.05) is 25.6 Å². The van der Waals surface area contributed by atoms with Crippen LogP contribution in [0.25, 0.3) is 0 Å². The van der Waals surface area contributed by atoms with E-state index in [9.17, 15) is 9.18 Å². The number of aliphatic hydroxyl groups is 1. The number of urea groups is 1. The van der Waals surface area contributed by atoms with Crippen molar-refractivity contribution in [2.45, 2.75) is 12.5 Å². The molecule has 0 aromatic heterocycles. The highest BCUT2D eigenvalue weighted by Crippen LogP contribution is 2.14. The highest BCUT2D eigenvalue weighted by atomic mass is 19.1. The Morgan fingerprint density at radius 2 is 1.90 bits per heavy atom. The lowest BCUT2D eigenvalue weighted by atomic mass is 10.1. The number of hydrazone groups is 1. The summed E-state index contributed by atoms with van der Waals surface area (Å²) in [5.74, 6) is 0.310. The van der Waals surface area contributed by atoms with Crippen molar-refractivity contribution < 1.29 is 19.0 Å². The molecule has 10 heteroatoms. The summed E-state index contributed by atoms with van der Waals surface area (Å²) in [4.78, 5) is 12.4. The van der Waals surface area contributed by atoms with Crippen molar-refractivity contribution in [1.29, 1.82) is 5.53 Å². The number of nitrogens with zero attached hydrogens (tertiary/aromatic N) is 2. The zero-order valence-corrected chi connectivity index (χ0v) is 15.9. The van der Waals surface area contributed by atoms with Crippen LogP contribution in [0.3, 0.4) is 0 Å². The summed E-state index contributed by atoms with van der Waals surface area (Å²) >= 11 is 0. The quantitative estimate of drug-likeness (QED) is 0.145. The molecule has 0 aliphatic rings. The van der Waals surface area contributed by atoms with Gasteiger partial charge in [-0.25, -0.2) is 14.7 Å². The third-order valence-corrected chi connectivity index (χ3v) is 3.85. The van der Waals surface area contributed by atoms with Gasteiger partial charge in [0.1, 0.15) is 11.6 Å². The molecule has 2 aromatic carbocycles. The summed E-state index contributed by atoms with van der Waals surface area (Å²) in [5, 5.41) is 21.6. The number of carbonyl (C=O) groups is 1. The van der Waals surface area contributed by atoms with E-state index < -0.39 is 17.9 Å². The van der Waals surface area contributed by atoms with Crippen LogP contribution in [-0.4, -0.2) is 43.3 Å². The summed E-state index contributed by atoms with van der Waals surface area (Å²) in [6.45, 7) is 0.0342. The number of nitrogens with one attached hydrogen (secondary N) is 4. The minimum absolute atomic E-state index is 0.0310. The van der Waals surface area contributed by atoms with Crippen LogP contribution >= 0.6 is 0 Å². The lowest BCUT2D eigenvalue weighted by Gasteiger charge is -2.18. The summed E-state index contributed by atoms with van der Waals surface area (Å²) in [5.41, 5.74) is 11.3. The van der Waals surface area contributed by atoms with E-state index in [-0.39, 0.29) is 19.0 Å². The Kier molecular flexibility index (Phi) is 8.51. The van der Waals surface area contributed by atoms with Gasteiger partial charge in [0, 0.05) is 12.1 Å². The fourth-order valence-electron chi connectivity index (χ4n) is 2.43. The predicted octanol–water partition coefficient (Wildman–Crippen LogP) is 2.49. The number of rotatable bonds is 9. The molecule has 2 amide bonds. The van der Waals surface area contributed by atoms with Crippen LogP contribution in [0.15, 0.2) is 58.7 Å². The molecule has 2 aromatic rings. The molecule has 0 aliphatic carbocycles. The van der Waals surface area contributed by atoms with Crippen molar-refractivity contribution in [3.05, 3.63) is 59.9 Å². The average Bonchev–Trinajstić information content (AvgIpc) is 2.73. The van der Waals surface area contributed by atoms with Crippen LogP contribution in [0.2, 0.25) is 0 Å². The van der Waals surface area contributed by atoms with Crippen molar-refractivity contribution in [3.63, 3.8) is 0 Å². The first-order valence-electron chi connectivity index (χ1n) is 8.80. The van der Waals surface area contributed by atoms with E-state index in [0.717, 1.165) is 5.56 Å². The van der Waals surface area contributed by atoms with Gasteiger partial charge in [-0.05, 0) is 42.0 Å². The number of hydrogen-bond acceptors (Lipinski definition) is 6. The predicted molar refractivity (Wildman–Crippen MR) is 107 cm³/mol. The molecule has 29 heavy (non-hydrogen) atoms. The average molecular weight is 402 g/mol. The second-order valence-corrected chi connectivity index (χ2v) is 5.92. The number of ether oxygens (including phenoxy) is 1. The third kappa shape index (κ3) is 7.18. The van der Waals surface area contributed by atoms with Crippen molar-refractivity contribution in [1.82, 2.24) is 10.7 Å². The van der Waals surface area contributed by atoms with Crippen LogP contribution in [0.5, 0.6) is 5.75 Å². The Hall–Kier alpha value is -3.53. The molecule has 5 N–H and O–H groups in total. The van der Waals surface area contributed by atoms with Crippen LogP contribution in [-0.2, 0) is 6.42 Å².